The van der Waals surface area contributed by atoms with Crippen LogP contribution >= 0.6 is 11.6 Å². The Bertz CT molecular complexity index is 489. The van der Waals surface area contributed by atoms with Gasteiger partial charge in [0.2, 0.25) is 10.0 Å². The number of halogens is 1. The number of alkyl halides is 1. The number of carbonyl (C=O) groups is 1. The smallest absolute Gasteiger partial charge is 0.421 e. The average molecular weight is 292 g/mol. The Kier molecular flexibility index (Phi) is 5.43. The van der Waals surface area contributed by atoms with Crippen molar-refractivity contribution < 1.29 is 18.3 Å². The zero-order chi connectivity index (χ0) is 13.6. The Morgan fingerprint density at radius 3 is 2.39 bits per heavy atom. The van der Waals surface area contributed by atoms with Crippen LogP contribution in [0.25, 0.3) is 0 Å². The van der Waals surface area contributed by atoms with E-state index in [1.165, 1.54) is 0 Å². The van der Waals surface area contributed by atoms with E-state index in [0.29, 0.717) is 9.87 Å². The summed E-state index contributed by atoms with van der Waals surface area (Å²) in [6.45, 7) is -0.180. The maximum absolute atomic E-state index is 11.8. The summed E-state index contributed by atoms with van der Waals surface area (Å²) >= 11 is 5.42. The molecule has 7 heteroatoms. The quantitative estimate of drug-likeness (QED) is 0.815. The molecule has 0 bridgehead atoms. The van der Waals surface area contributed by atoms with Crippen molar-refractivity contribution in [3.8, 4) is 0 Å². The van der Waals surface area contributed by atoms with Gasteiger partial charge in [0.15, 0.2) is 0 Å². The van der Waals surface area contributed by atoms with Crippen molar-refractivity contribution in [2.45, 2.75) is 13.0 Å². The fourth-order valence-corrected chi connectivity index (χ4v) is 2.99. The van der Waals surface area contributed by atoms with Crippen LogP contribution in [0.4, 0.5) is 4.79 Å². The first-order chi connectivity index (χ1) is 8.47. The van der Waals surface area contributed by atoms with Gasteiger partial charge in [-0.15, -0.1) is 11.6 Å². The number of carboxylic acid groups (broad SMARTS) is 1. The van der Waals surface area contributed by atoms with Gasteiger partial charge in [0.1, 0.15) is 0 Å². The minimum atomic E-state index is -3.83. The lowest BCUT2D eigenvalue weighted by molar-refractivity contribution is 0.170. The molecule has 0 saturated carbocycles. The monoisotopic (exact) mass is 291 g/mol. The van der Waals surface area contributed by atoms with Crippen LogP contribution in [0.15, 0.2) is 30.3 Å². The standard InChI is InChI=1S/C11H14ClNO4S/c12-7-4-8-18(16,17)13(11(14)15)9-10-5-2-1-3-6-10/h1-3,5-6H,4,7-9H2,(H,14,15). The summed E-state index contributed by atoms with van der Waals surface area (Å²) in [7, 11) is -3.83. The largest absolute Gasteiger partial charge is 0.464 e. The molecule has 1 rings (SSSR count). The van der Waals surface area contributed by atoms with E-state index in [9.17, 15) is 13.2 Å². The average Bonchev–Trinajstić information content (AvgIpc) is 2.34. The molecule has 0 saturated heterocycles. The lowest BCUT2D eigenvalue weighted by Gasteiger charge is -2.19. The first kappa shape index (κ1) is 14.8. The van der Waals surface area contributed by atoms with E-state index >= 15 is 0 Å². The fourth-order valence-electron chi connectivity index (χ4n) is 1.38. The minimum Gasteiger partial charge on any atom is -0.464 e. The Balaban J connectivity index is 2.87. The van der Waals surface area contributed by atoms with Crippen LogP contribution in [0.3, 0.4) is 0 Å². The Morgan fingerprint density at radius 1 is 1.28 bits per heavy atom. The van der Waals surface area contributed by atoms with Crippen molar-refractivity contribution in [1.29, 1.82) is 0 Å². The number of benzene rings is 1. The van der Waals surface area contributed by atoms with E-state index in [0.717, 1.165) is 0 Å². The van der Waals surface area contributed by atoms with Crippen LogP contribution in [0.5, 0.6) is 0 Å². The van der Waals surface area contributed by atoms with Crippen LogP contribution in [-0.2, 0) is 16.6 Å². The summed E-state index contributed by atoms with van der Waals surface area (Å²) in [4.78, 5) is 11.0. The van der Waals surface area contributed by atoms with Gasteiger partial charge in [-0.2, -0.15) is 0 Å². The molecular formula is C11H14ClNO4S. The third kappa shape index (κ3) is 4.19. The molecular weight excluding hydrogens is 278 g/mol. The SMILES string of the molecule is O=C(O)N(Cc1ccccc1)S(=O)(=O)CCCCl. The highest BCUT2D eigenvalue weighted by molar-refractivity contribution is 7.89. The maximum Gasteiger partial charge on any atom is 0.421 e. The molecule has 0 spiro atoms. The van der Waals surface area contributed by atoms with Crippen molar-refractivity contribution in [1.82, 2.24) is 4.31 Å². The van der Waals surface area contributed by atoms with Crippen molar-refractivity contribution >= 4 is 27.7 Å². The molecule has 1 aromatic rings. The molecule has 100 valence electrons. The first-order valence-corrected chi connectivity index (χ1v) is 7.45. The number of sulfonamides is 1. The van der Waals surface area contributed by atoms with Crippen LogP contribution in [0.2, 0.25) is 0 Å². The third-order valence-corrected chi connectivity index (χ3v) is 4.28. The highest BCUT2D eigenvalue weighted by Crippen LogP contribution is 2.11. The van der Waals surface area contributed by atoms with E-state index in [1.54, 1.807) is 30.3 Å². The van der Waals surface area contributed by atoms with Gasteiger partial charge in [0, 0.05) is 5.88 Å². The predicted octanol–water partition coefficient (Wildman–Crippen LogP) is 2.13. The Morgan fingerprint density at radius 2 is 1.89 bits per heavy atom. The van der Waals surface area contributed by atoms with Gasteiger partial charge in [-0.05, 0) is 12.0 Å². The van der Waals surface area contributed by atoms with Crippen molar-refractivity contribution in [2.75, 3.05) is 11.6 Å². The highest BCUT2D eigenvalue weighted by Gasteiger charge is 2.26. The fraction of sp³-hybridized carbons (Fsp3) is 0.364. The molecule has 5 nitrogen and oxygen atoms in total. The Labute approximate surface area is 111 Å². The van der Waals surface area contributed by atoms with Gasteiger partial charge in [0.25, 0.3) is 0 Å². The molecule has 0 heterocycles. The number of rotatable bonds is 6. The van der Waals surface area contributed by atoms with E-state index < -0.39 is 16.1 Å². The van der Waals surface area contributed by atoms with Gasteiger partial charge in [0.05, 0.1) is 12.3 Å². The van der Waals surface area contributed by atoms with Crippen molar-refractivity contribution in [2.24, 2.45) is 0 Å². The van der Waals surface area contributed by atoms with Gasteiger partial charge in [-0.1, -0.05) is 30.3 Å². The van der Waals surface area contributed by atoms with Crippen molar-refractivity contribution in [3.63, 3.8) is 0 Å². The molecule has 0 aliphatic rings. The second-order valence-electron chi connectivity index (χ2n) is 3.63. The third-order valence-electron chi connectivity index (χ3n) is 2.25. The van der Waals surface area contributed by atoms with Crippen molar-refractivity contribution in [3.05, 3.63) is 35.9 Å². The maximum atomic E-state index is 11.8. The first-order valence-electron chi connectivity index (χ1n) is 5.30. The van der Waals surface area contributed by atoms with Crippen LogP contribution < -0.4 is 0 Å². The predicted molar refractivity (Wildman–Crippen MR) is 69.1 cm³/mol. The van der Waals surface area contributed by atoms with Crippen LogP contribution in [-0.4, -0.2) is 35.6 Å². The summed E-state index contributed by atoms with van der Waals surface area (Å²) in [6, 6.07) is 8.57. The Hall–Kier alpha value is -1.27. The lowest BCUT2D eigenvalue weighted by Crippen LogP contribution is -2.36. The molecule has 0 unspecified atom stereocenters. The summed E-state index contributed by atoms with van der Waals surface area (Å²) in [5.74, 6) is -0.0896. The lowest BCUT2D eigenvalue weighted by atomic mass is 10.2. The zero-order valence-electron chi connectivity index (χ0n) is 9.62. The number of hydrogen-bond donors (Lipinski definition) is 1. The molecule has 1 aromatic carbocycles. The molecule has 18 heavy (non-hydrogen) atoms. The molecule has 0 fully saturated rings. The molecule has 0 aliphatic heterocycles. The van der Waals surface area contributed by atoms with E-state index in [2.05, 4.69) is 0 Å². The van der Waals surface area contributed by atoms with Gasteiger partial charge in [-0.25, -0.2) is 17.5 Å². The van der Waals surface area contributed by atoms with Gasteiger partial charge in [-0.3, -0.25) is 0 Å². The number of hydrogen-bond acceptors (Lipinski definition) is 3. The van der Waals surface area contributed by atoms with Crippen LogP contribution in [0.1, 0.15) is 12.0 Å². The summed E-state index contributed by atoms with van der Waals surface area (Å²) in [6.07, 6.45) is -1.25. The molecule has 0 aromatic heterocycles. The molecule has 1 N–H and O–H groups in total. The molecule has 0 aliphatic carbocycles. The van der Waals surface area contributed by atoms with Gasteiger partial charge < -0.3 is 5.11 Å². The van der Waals surface area contributed by atoms with E-state index in [1.807, 2.05) is 0 Å². The van der Waals surface area contributed by atoms with E-state index in [-0.39, 0.29) is 24.6 Å². The summed E-state index contributed by atoms with van der Waals surface area (Å²) in [5, 5.41) is 8.98. The molecule has 0 radical (unpaired) electrons. The second kappa shape index (κ2) is 6.61. The zero-order valence-corrected chi connectivity index (χ0v) is 11.2. The molecule has 0 atom stereocenters. The van der Waals surface area contributed by atoms with Gasteiger partial charge >= 0.3 is 6.09 Å². The molecule has 1 amide bonds. The minimum absolute atomic E-state index is 0.179. The summed E-state index contributed by atoms with van der Waals surface area (Å²) in [5.41, 5.74) is 0.620. The number of amides is 1. The second-order valence-corrected chi connectivity index (χ2v) is 6.02. The van der Waals surface area contributed by atoms with Crippen LogP contribution in [0, 0.1) is 0 Å². The highest BCUT2D eigenvalue weighted by atomic mass is 35.5. The normalized spacial score (nSPS) is 11.2. The number of nitrogens with zero attached hydrogens (tertiary/aromatic N) is 1. The topological polar surface area (TPSA) is 74.7 Å². The summed E-state index contributed by atoms with van der Waals surface area (Å²) < 4.78 is 24.1. The van der Waals surface area contributed by atoms with E-state index in [4.69, 9.17) is 16.7 Å².